The molecule has 0 aliphatic heterocycles. The summed E-state index contributed by atoms with van der Waals surface area (Å²) in [6.45, 7) is 6.08. The van der Waals surface area contributed by atoms with Crippen molar-refractivity contribution in [3.8, 4) is 0 Å². The molecule has 0 aromatic heterocycles. The first-order valence-corrected chi connectivity index (χ1v) is 4.12. The molecule has 0 bridgehead atoms. The fourth-order valence-corrected chi connectivity index (χ4v) is 1.40. The van der Waals surface area contributed by atoms with Crippen LogP contribution in [0.1, 0.15) is 27.2 Å². The molecule has 0 spiro atoms. The van der Waals surface area contributed by atoms with Crippen molar-refractivity contribution in [2.45, 2.75) is 31.9 Å². The third-order valence-corrected chi connectivity index (χ3v) is 1.80. The molecule has 2 N–H and O–H groups in total. The van der Waals surface area contributed by atoms with Gasteiger partial charge in [-0.05, 0) is 11.8 Å². The normalized spacial score (nSPS) is 11.6. The molecule has 0 aromatic carbocycles. The van der Waals surface area contributed by atoms with Gasteiger partial charge in [0.2, 0.25) is 0 Å². The average Bonchev–Trinajstić information content (AvgIpc) is 1.59. The summed E-state index contributed by atoms with van der Waals surface area (Å²) in [4.78, 5) is 9.10. The molecule has 0 atom stereocenters. The van der Waals surface area contributed by atoms with Crippen LogP contribution in [0.5, 0.6) is 0 Å². The zero-order valence-corrected chi connectivity index (χ0v) is 7.53. The van der Waals surface area contributed by atoms with Gasteiger partial charge in [-0.25, -0.2) is 0 Å². The third-order valence-electron chi connectivity index (χ3n) is 0.750. The highest BCUT2D eigenvalue weighted by molar-refractivity contribution is 8.14. The zero-order valence-electron chi connectivity index (χ0n) is 6.72. The van der Waals surface area contributed by atoms with Crippen LogP contribution in [0.2, 0.25) is 0 Å². The molecule has 0 heterocycles. The topological polar surface area (TPSA) is 41.6 Å². The lowest BCUT2D eigenvalue weighted by molar-refractivity contribution is 0.305. The Morgan fingerprint density at radius 1 is 1.50 bits per heavy atom. The Morgan fingerprint density at radius 2 is 2.00 bits per heavy atom. The quantitative estimate of drug-likeness (QED) is 0.625. The van der Waals surface area contributed by atoms with Gasteiger partial charge < -0.3 is 5.11 Å². The Bertz CT molecular complexity index is 115. The molecule has 2 nitrogen and oxygen atoms in total. The first-order valence-electron chi connectivity index (χ1n) is 3.30. The first-order chi connectivity index (χ1) is 4.45. The van der Waals surface area contributed by atoms with E-state index in [-0.39, 0.29) is 11.4 Å². The fraction of sp³-hybridized carbons (Fsp3) is 0.857. The third kappa shape index (κ3) is 6.11. The van der Waals surface area contributed by atoms with Gasteiger partial charge in [0.15, 0.2) is 0 Å². The monoisotopic (exact) mass is 163 g/mol. The fourth-order valence-electron chi connectivity index (χ4n) is 0.500. The molecule has 0 fully saturated rings. The molecular formula is C7H15O2S+. The minimum absolute atomic E-state index is 0.0227. The maximum atomic E-state index is 9.10. The molecule has 0 aliphatic carbocycles. The van der Waals surface area contributed by atoms with Crippen LogP contribution in [-0.2, 0) is 0 Å². The molecule has 10 heavy (non-hydrogen) atoms. The Morgan fingerprint density at radius 3 is 2.30 bits per heavy atom. The molecule has 0 saturated heterocycles. The van der Waals surface area contributed by atoms with Crippen molar-refractivity contribution in [2.24, 2.45) is 0 Å². The predicted molar refractivity (Wildman–Crippen MR) is 46.0 cm³/mol. The van der Waals surface area contributed by atoms with Crippen LogP contribution in [0, 0.1) is 0 Å². The predicted octanol–water partition coefficient (Wildman–Crippen LogP) is 1.40. The van der Waals surface area contributed by atoms with Crippen molar-refractivity contribution >= 4 is 16.9 Å². The minimum Gasteiger partial charge on any atom is -0.396 e. The SMILES string of the molecule is CC(C)(C)SC(=[OH+])CCO. The first kappa shape index (κ1) is 9.98. The van der Waals surface area contributed by atoms with Gasteiger partial charge in [-0.2, -0.15) is 0 Å². The molecule has 60 valence electrons. The van der Waals surface area contributed by atoms with Gasteiger partial charge in [0.1, 0.15) is 0 Å². The van der Waals surface area contributed by atoms with E-state index >= 15 is 0 Å². The summed E-state index contributed by atoms with van der Waals surface area (Å²) in [6, 6.07) is 0. The number of carbonyl (C=O) groups excluding carboxylic acids is 1. The smallest absolute Gasteiger partial charge is 0.353 e. The van der Waals surface area contributed by atoms with Crippen LogP contribution in [0.25, 0.3) is 0 Å². The van der Waals surface area contributed by atoms with Crippen molar-refractivity contribution in [2.75, 3.05) is 6.61 Å². The second kappa shape index (κ2) is 3.98. The number of hydrogen-bond acceptors (Lipinski definition) is 2. The molecule has 0 aromatic rings. The van der Waals surface area contributed by atoms with Gasteiger partial charge in [0, 0.05) is 4.75 Å². The van der Waals surface area contributed by atoms with Crippen molar-refractivity contribution < 1.29 is 9.90 Å². The molecule has 0 radical (unpaired) electrons. The Labute approximate surface area is 66.0 Å². The van der Waals surface area contributed by atoms with Crippen LogP contribution >= 0.6 is 11.8 Å². The Kier molecular flexibility index (Phi) is 3.98. The molecule has 3 heteroatoms. The molecule has 0 aliphatic rings. The van der Waals surface area contributed by atoms with E-state index in [9.17, 15) is 0 Å². The van der Waals surface area contributed by atoms with Crippen molar-refractivity contribution in [1.29, 1.82) is 0 Å². The van der Waals surface area contributed by atoms with Gasteiger partial charge in [-0.15, -0.1) is 0 Å². The van der Waals surface area contributed by atoms with E-state index in [1.807, 2.05) is 20.8 Å². The maximum absolute atomic E-state index is 9.10. The summed E-state index contributed by atoms with van der Waals surface area (Å²) >= 11 is 1.39. The van der Waals surface area contributed by atoms with Crippen molar-refractivity contribution in [3.05, 3.63) is 0 Å². The number of aliphatic hydroxyl groups is 1. The standard InChI is InChI=1S/C7H14O2S/c1-7(2,3)10-6(9)4-5-8/h8H,4-5H2,1-3H3/p+1. The van der Waals surface area contributed by atoms with Crippen molar-refractivity contribution in [3.63, 3.8) is 0 Å². The van der Waals surface area contributed by atoms with Gasteiger partial charge in [-0.3, -0.25) is 4.79 Å². The van der Waals surface area contributed by atoms with E-state index in [1.165, 1.54) is 11.8 Å². The van der Waals surface area contributed by atoms with Gasteiger partial charge in [0.05, 0.1) is 13.0 Å². The molecule has 0 rings (SSSR count). The zero-order chi connectivity index (χ0) is 8.20. The highest BCUT2D eigenvalue weighted by atomic mass is 32.2. The van der Waals surface area contributed by atoms with Gasteiger partial charge in [-0.1, -0.05) is 20.8 Å². The Balaban J connectivity index is 3.58. The number of hydrogen-bond donors (Lipinski definition) is 1. The summed E-state index contributed by atoms with van der Waals surface area (Å²) in [6.07, 6.45) is 0.377. The molecule has 0 amide bonds. The van der Waals surface area contributed by atoms with Crippen LogP contribution < -0.4 is 0 Å². The van der Waals surface area contributed by atoms with E-state index in [2.05, 4.69) is 0 Å². The van der Waals surface area contributed by atoms with E-state index in [0.29, 0.717) is 11.5 Å². The van der Waals surface area contributed by atoms with E-state index in [0.717, 1.165) is 0 Å². The maximum Gasteiger partial charge on any atom is 0.353 e. The lowest BCUT2D eigenvalue weighted by Gasteiger charge is -2.12. The lowest BCUT2D eigenvalue weighted by Crippen LogP contribution is -2.12. The van der Waals surface area contributed by atoms with E-state index in [4.69, 9.17) is 9.90 Å². The van der Waals surface area contributed by atoms with Gasteiger partial charge >= 0.3 is 5.12 Å². The van der Waals surface area contributed by atoms with Gasteiger partial charge in [0.25, 0.3) is 0 Å². The number of rotatable bonds is 2. The summed E-state index contributed by atoms with van der Waals surface area (Å²) in [5.41, 5.74) is 0. The summed E-state index contributed by atoms with van der Waals surface area (Å²) in [7, 11) is 0. The highest BCUT2D eigenvalue weighted by Crippen LogP contribution is 2.24. The number of aliphatic hydroxyl groups excluding tert-OH is 1. The lowest BCUT2D eigenvalue weighted by atomic mass is 10.3. The number of thioether (sulfide) groups is 1. The highest BCUT2D eigenvalue weighted by Gasteiger charge is 2.20. The van der Waals surface area contributed by atoms with Crippen molar-refractivity contribution in [1.82, 2.24) is 0 Å². The summed E-state index contributed by atoms with van der Waals surface area (Å²) in [5.74, 6) is 0. The molecule has 0 unspecified atom stereocenters. The average molecular weight is 163 g/mol. The van der Waals surface area contributed by atoms with E-state index < -0.39 is 0 Å². The Hall–Kier alpha value is -0.0200. The second-order valence-corrected chi connectivity index (χ2v) is 4.98. The minimum atomic E-state index is 0.0227. The summed E-state index contributed by atoms with van der Waals surface area (Å²) in [5, 5.41) is 8.75. The van der Waals surface area contributed by atoms with Crippen LogP contribution in [0.15, 0.2) is 0 Å². The molecule has 0 saturated carbocycles. The van der Waals surface area contributed by atoms with Crippen LogP contribution in [0.4, 0.5) is 0 Å². The van der Waals surface area contributed by atoms with Crippen LogP contribution in [0.3, 0.4) is 0 Å². The summed E-state index contributed by atoms with van der Waals surface area (Å²) < 4.78 is 0.0409. The largest absolute Gasteiger partial charge is 0.396 e. The van der Waals surface area contributed by atoms with Crippen LogP contribution in [-0.4, -0.2) is 26.4 Å². The second-order valence-electron chi connectivity index (χ2n) is 3.08. The van der Waals surface area contributed by atoms with E-state index in [1.54, 1.807) is 0 Å². The molecular weight excluding hydrogens is 148 g/mol.